The van der Waals surface area contributed by atoms with E-state index in [1.807, 2.05) is 12.1 Å². The average molecular weight is 384 g/mol. The minimum Gasteiger partial charge on any atom is -0.467 e. The number of methoxy groups -OCH3 is 1. The molecule has 1 aliphatic heterocycles. The number of aromatic nitrogens is 1. The monoisotopic (exact) mass is 384 g/mol. The zero-order chi connectivity index (χ0) is 20.3. The first-order chi connectivity index (χ1) is 13.3. The Bertz CT molecular complexity index is 861. The molecule has 1 aromatic carbocycles. The third kappa shape index (κ3) is 4.24. The fourth-order valence-electron chi connectivity index (χ4n) is 3.13. The van der Waals surface area contributed by atoms with Crippen molar-refractivity contribution in [3.05, 3.63) is 53.7 Å². The molecule has 1 aromatic heterocycles. The molecule has 7 nitrogen and oxygen atoms in total. The van der Waals surface area contributed by atoms with E-state index in [0.717, 1.165) is 5.56 Å². The van der Waals surface area contributed by atoms with Crippen LogP contribution in [-0.2, 0) is 20.7 Å². The van der Waals surface area contributed by atoms with Crippen molar-refractivity contribution < 1.29 is 23.8 Å². The molecule has 2 heterocycles. The van der Waals surface area contributed by atoms with Gasteiger partial charge >= 0.3 is 12.1 Å². The maximum Gasteiger partial charge on any atom is 0.411 e. The van der Waals surface area contributed by atoms with Gasteiger partial charge in [-0.25, -0.2) is 14.6 Å². The van der Waals surface area contributed by atoms with Crippen LogP contribution in [0.3, 0.4) is 0 Å². The summed E-state index contributed by atoms with van der Waals surface area (Å²) in [5.41, 5.74) is 0.850. The molecule has 1 unspecified atom stereocenters. The molecule has 148 valence electrons. The van der Waals surface area contributed by atoms with E-state index >= 15 is 0 Å². The molecule has 0 saturated carbocycles. The summed E-state index contributed by atoms with van der Waals surface area (Å²) in [4.78, 5) is 30.8. The lowest BCUT2D eigenvalue weighted by molar-refractivity contribution is -0.147. The van der Waals surface area contributed by atoms with Crippen LogP contribution in [0.5, 0.6) is 11.6 Å². The number of fused-ring (bicyclic) bond motifs is 1. The second-order valence-electron chi connectivity index (χ2n) is 7.44. The van der Waals surface area contributed by atoms with Gasteiger partial charge in [-0.15, -0.1) is 0 Å². The van der Waals surface area contributed by atoms with E-state index < -0.39 is 23.7 Å². The predicted molar refractivity (Wildman–Crippen MR) is 102 cm³/mol. The fraction of sp³-hybridized carbons (Fsp3) is 0.381. The lowest BCUT2D eigenvalue weighted by atomic mass is 9.92. The minimum atomic E-state index is -0.893. The summed E-state index contributed by atoms with van der Waals surface area (Å²) < 4.78 is 16.4. The van der Waals surface area contributed by atoms with Crippen LogP contribution in [0.1, 0.15) is 37.9 Å². The number of pyridine rings is 1. The molecule has 1 amide bonds. The van der Waals surface area contributed by atoms with E-state index in [1.165, 1.54) is 12.0 Å². The molecule has 0 spiro atoms. The highest BCUT2D eigenvalue weighted by Gasteiger charge is 2.39. The zero-order valence-electron chi connectivity index (χ0n) is 16.5. The van der Waals surface area contributed by atoms with Crippen molar-refractivity contribution in [3.8, 4) is 11.6 Å². The number of carbonyl (C=O) groups is 2. The number of nitrogens with zero attached hydrogens (tertiary/aromatic N) is 2. The molecule has 1 aliphatic rings. The number of carbonyl (C=O) groups excluding carboxylic acids is 2. The lowest BCUT2D eigenvalue weighted by Crippen LogP contribution is -2.46. The Kier molecular flexibility index (Phi) is 5.53. The van der Waals surface area contributed by atoms with E-state index in [2.05, 4.69) is 4.98 Å². The molecule has 7 heteroatoms. The van der Waals surface area contributed by atoms with Crippen LogP contribution >= 0.6 is 0 Å². The Hall–Kier alpha value is -3.09. The van der Waals surface area contributed by atoms with Gasteiger partial charge in [0.15, 0.2) is 6.04 Å². The van der Waals surface area contributed by atoms with Gasteiger partial charge in [0.2, 0.25) is 5.88 Å². The first kappa shape index (κ1) is 19.7. The summed E-state index contributed by atoms with van der Waals surface area (Å²) in [6, 6.07) is 9.91. The summed E-state index contributed by atoms with van der Waals surface area (Å²) in [5.74, 6) is 0.538. The highest BCUT2D eigenvalue weighted by Crippen LogP contribution is 2.37. The summed E-state index contributed by atoms with van der Waals surface area (Å²) in [5, 5.41) is 0. The first-order valence-electron chi connectivity index (χ1n) is 9.08. The number of esters is 1. The lowest BCUT2D eigenvalue weighted by Gasteiger charge is -2.36. The molecule has 0 fully saturated rings. The minimum absolute atomic E-state index is 0.310. The van der Waals surface area contributed by atoms with Crippen molar-refractivity contribution in [2.75, 3.05) is 13.7 Å². The van der Waals surface area contributed by atoms with Crippen molar-refractivity contribution in [1.29, 1.82) is 0 Å². The van der Waals surface area contributed by atoms with E-state index in [1.54, 1.807) is 51.2 Å². The topological polar surface area (TPSA) is 78.0 Å². The molecular formula is C21H24N2O5. The van der Waals surface area contributed by atoms with Crippen LogP contribution in [0.25, 0.3) is 0 Å². The maximum atomic E-state index is 12.7. The Labute approximate surface area is 164 Å². The highest BCUT2D eigenvalue weighted by atomic mass is 16.6. The second kappa shape index (κ2) is 7.88. The largest absolute Gasteiger partial charge is 0.467 e. The molecular weight excluding hydrogens is 360 g/mol. The van der Waals surface area contributed by atoms with Gasteiger partial charge in [-0.05, 0) is 44.9 Å². The van der Waals surface area contributed by atoms with E-state index in [0.29, 0.717) is 30.2 Å². The number of rotatable bonds is 3. The summed E-state index contributed by atoms with van der Waals surface area (Å²) in [6.07, 6.45) is 1.61. The van der Waals surface area contributed by atoms with Crippen molar-refractivity contribution in [1.82, 2.24) is 9.88 Å². The molecule has 0 radical (unpaired) electrons. The number of ether oxygens (including phenoxy) is 3. The maximum absolute atomic E-state index is 12.7. The summed E-state index contributed by atoms with van der Waals surface area (Å²) in [6.45, 7) is 5.67. The summed E-state index contributed by atoms with van der Waals surface area (Å²) in [7, 11) is 1.30. The number of amides is 1. The van der Waals surface area contributed by atoms with Gasteiger partial charge in [0.25, 0.3) is 0 Å². The third-order valence-electron chi connectivity index (χ3n) is 4.28. The summed E-state index contributed by atoms with van der Waals surface area (Å²) >= 11 is 0. The van der Waals surface area contributed by atoms with Gasteiger partial charge < -0.3 is 14.2 Å². The molecule has 1 atom stereocenters. The van der Waals surface area contributed by atoms with Crippen molar-refractivity contribution in [3.63, 3.8) is 0 Å². The molecule has 0 aliphatic carbocycles. The molecule has 2 aromatic rings. The predicted octanol–water partition coefficient (Wildman–Crippen LogP) is 3.88. The molecule has 0 saturated heterocycles. The molecule has 28 heavy (non-hydrogen) atoms. The van der Waals surface area contributed by atoms with Crippen LogP contribution in [0.2, 0.25) is 0 Å². The number of hydrogen-bond donors (Lipinski definition) is 0. The van der Waals surface area contributed by atoms with Gasteiger partial charge in [-0.1, -0.05) is 18.2 Å². The normalized spacial score (nSPS) is 16.1. The van der Waals surface area contributed by atoms with Gasteiger partial charge in [0.1, 0.15) is 11.4 Å². The van der Waals surface area contributed by atoms with E-state index in [9.17, 15) is 9.59 Å². The van der Waals surface area contributed by atoms with Gasteiger partial charge in [0.05, 0.1) is 7.11 Å². The van der Waals surface area contributed by atoms with E-state index in [4.69, 9.17) is 14.2 Å². The van der Waals surface area contributed by atoms with Crippen LogP contribution < -0.4 is 4.74 Å². The third-order valence-corrected chi connectivity index (χ3v) is 4.28. The quantitative estimate of drug-likeness (QED) is 0.748. The van der Waals surface area contributed by atoms with Crippen molar-refractivity contribution >= 4 is 12.1 Å². The number of hydrogen-bond acceptors (Lipinski definition) is 6. The first-order valence-corrected chi connectivity index (χ1v) is 9.08. The Morgan fingerprint density at radius 1 is 1.14 bits per heavy atom. The fourth-order valence-corrected chi connectivity index (χ4v) is 3.13. The average Bonchev–Trinajstić information content (AvgIpc) is 2.66. The Morgan fingerprint density at radius 3 is 2.57 bits per heavy atom. The van der Waals surface area contributed by atoms with Crippen LogP contribution in [-0.4, -0.2) is 41.2 Å². The van der Waals surface area contributed by atoms with Crippen LogP contribution in [0.15, 0.2) is 42.6 Å². The SMILES string of the molecule is COC(=O)C1c2cccc(Oc3ccccn3)c2CCN1C(=O)OC(C)(C)C. The Balaban J connectivity index is 1.97. The van der Waals surface area contributed by atoms with Gasteiger partial charge in [-0.2, -0.15) is 0 Å². The Morgan fingerprint density at radius 2 is 1.93 bits per heavy atom. The second-order valence-corrected chi connectivity index (χ2v) is 7.44. The number of benzene rings is 1. The molecule has 0 bridgehead atoms. The smallest absolute Gasteiger partial charge is 0.411 e. The zero-order valence-corrected chi connectivity index (χ0v) is 16.5. The van der Waals surface area contributed by atoms with Crippen molar-refractivity contribution in [2.24, 2.45) is 0 Å². The standard InChI is InChI=1S/C21H24N2O5/c1-21(2,3)28-20(25)23-13-11-14-15(18(23)19(24)26-4)8-7-9-16(14)27-17-10-5-6-12-22-17/h5-10,12,18H,11,13H2,1-4H3. The van der Waals surface area contributed by atoms with Crippen molar-refractivity contribution in [2.45, 2.75) is 38.8 Å². The van der Waals surface area contributed by atoms with Gasteiger partial charge in [0, 0.05) is 24.4 Å². The van der Waals surface area contributed by atoms with E-state index in [-0.39, 0.29) is 0 Å². The highest BCUT2D eigenvalue weighted by molar-refractivity contribution is 5.84. The molecule has 3 rings (SSSR count). The van der Waals surface area contributed by atoms with Crippen LogP contribution in [0.4, 0.5) is 4.79 Å². The van der Waals surface area contributed by atoms with Gasteiger partial charge in [-0.3, -0.25) is 4.90 Å². The van der Waals surface area contributed by atoms with Crippen LogP contribution in [0, 0.1) is 0 Å². The molecule has 0 N–H and O–H groups in total.